The first-order valence-corrected chi connectivity index (χ1v) is 4.58. The zero-order chi connectivity index (χ0) is 11.5. The van der Waals surface area contributed by atoms with E-state index in [1.54, 1.807) is 0 Å². The van der Waals surface area contributed by atoms with Crippen molar-refractivity contribution in [1.82, 2.24) is 9.97 Å². The maximum Gasteiger partial charge on any atom is 0.161 e. The fourth-order valence-corrected chi connectivity index (χ4v) is 1.28. The van der Waals surface area contributed by atoms with E-state index in [0.29, 0.717) is 5.82 Å². The van der Waals surface area contributed by atoms with Crippen molar-refractivity contribution in [3.63, 3.8) is 0 Å². The summed E-state index contributed by atoms with van der Waals surface area (Å²) < 4.78 is 0. The lowest BCUT2D eigenvalue weighted by Gasteiger charge is -2.06. The van der Waals surface area contributed by atoms with Crippen molar-refractivity contribution in [3.8, 4) is 11.4 Å². The lowest BCUT2D eigenvalue weighted by Crippen LogP contribution is -2.24. The third-order valence-corrected chi connectivity index (χ3v) is 2.07. The van der Waals surface area contributed by atoms with Crippen molar-refractivity contribution in [3.05, 3.63) is 42.1 Å². The molecule has 80 valence electrons. The number of benzene rings is 1. The molecule has 5 heteroatoms. The predicted molar refractivity (Wildman–Crippen MR) is 56.2 cm³/mol. The van der Waals surface area contributed by atoms with Crippen molar-refractivity contribution in [2.45, 2.75) is 0 Å². The van der Waals surface area contributed by atoms with Crippen molar-refractivity contribution in [1.29, 1.82) is 0 Å². The Hall–Kier alpha value is -2.43. The van der Waals surface area contributed by atoms with E-state index in [-0.39, 0.29) is 11.4 Å². The second-order valence-electron chi connectivity index (χ2n) is 3.15. The molecule has 2 N–H and O–H groups in total. The summed E-state index contributed by atoms with van der Waals surface area (Å²) in [6.07, 6.45) is 1.15. The Morgan fingerprint density at radius 1 is 1.25 bits per heavy atom. The van der Waals surface area contributed by atoms with E-state index < -0.39 is 5.97 Å². The Morgan fingerprint density at radius 3 is 2.50 bits per heavy atom. The number of aromatic nitrogens is 2. The summed E-state index contributed by atoms with van der Waals surface area (Å²) in [7, 11) is 0. The maximum atomic E-state index is 10.6. The predicted octanol–water partition coefficient (Wildman–Crippen LogP) is 0.0893. The molecule has 16 heavy (non-hydrogen) atoms. The van der Waals surface area contributed by atoms with E-state index in [2.05, 4.69) is 9.97 Å². The Kier molecular flexibility index (Phi) is 2.51. The highest BCUT2D eigenvalue weighted by Crippen LogP contribution is 2.16. The van der Waals surface area contributed by atoms with Crippen molar-refractivity contribution in [2.75, 3.05) is 5.73 Å². The summed E-state index contributed by atoms with van der Waals surface area (Å²) in [5.74, 6) is -1.07. The minimum atomic E-state index is -1.38. The van der Waals surface area contributed by atoms with Gasteiger partial charge in [0.2, 0.25) is 0 Å². The molecule has 0 saturated carbocycles. The van der Waals surface area contributed by atoms with Crippen molar-refractivity contribution >= 4 is 11.8 Å². The third kappa shape index (κ3) is 1.83. The van der Waals surface area contributed by atoms with Gasteiger partial charge in [0.05, 0.1) is 11.5 Å². The van der Waals surface area contributed by atoms with Gasteiger partial charge in [-0.25, -0.2) is 9.97 Å². The molecule has 1 aromatic heterocycles. The smallest absolute Gasteiger partial charge is 0.161 e. The van der Waals surface area contributed by atoms with Gasteiger partial charge in [0, 0.05) is 11.8 Å². The van der Waals surface area contributed by atoms with Crippen LogP contribution in [0.2, 0.25) is 0 Å². The Bertz CT molecular complexity index is 526. The largest absolute Gasteiger partial charge is 0.545 e. The normalized spacial score (nSPS) is 10.0. The zero-order valence-corrected chi connectivity index (χ0v) is 8.25. The Labute approximate surface area is 91.6 Å². The molecule has 2 aromatic rings. The summed E-state index contributed by atoms with van der Waals surface area (Å²) >= 11 is 0. The van der Waals surface area contributed by atoms with Crippen LogP contribution in [0.1, 0.15) is 10.4 Å². The molecule has 0 atom stereocenters. The highest BCUT2D eigenvalue weighted by molar-refractivity contribution is 5.90. The minimum absolute atomic E-state index is 0.0890. The molecule has 0 aliphatic rings. The molecule has 1 heterocycles. The van der Waals surface area contributed by atoms with Gasteiger partial charge in [0.1, 0.15) is 5.82 Å². The first-order valence-electron chi connectivity index (χ1n) is 4.58. The lowest BCUT2D eigenvalue weighted by molar-refractivity contribution is -0.254. The number of nitrogens with two attached hydrogens (primary N) is 1. The highest BCUT2D eigenvalue weighted by atomic mass is 16.4. The molecule has 0 bridgehead atoms. The molecular weight excluding hydrogens is 206 g/mol. The molecule has 5 nitrogen and oxygen atoms in total. The van der Waals surface area contributed by atoms with Gasteiger partial charge >= 0.3 is 0 Å². The quantitative estimate of drug-likeness (QED) is 0.764. The van der Waals surface area contributed by atoms with Crippen molar-refractivity contribution < 1.29 is 9.90 Å². The van der Waals surface area contributed by atoms with Crippen LogP contribution in [0, 0.1) is 0 Å². The van der Waals surface area contributed by atoms with Gasteiger partial charge in [-0.05, 0) is 0 Å². The maximum absolute atomic E-state index is 10.6. The van der Waals surface area contributed by atoms with Gasteiger partial charge in [-0.15, -0.1) is 0 Å². The van der Waals surface area contributed by atoms with Crippen LogP contribution in [0.5, 0.6) is 0 Å². The van der Waals surface area contributed by atoms with Gasteiger partial charge in [-0.3, -0.25) is 0 Å². The third-order valence-electron chi connectivity index (χ3n) is 2.07. The van der Waals surface area contributed by atoms with Crippen LogP contribution in [0.25, 0.3) is 11.4 Å². The van der Waals surface area contributed by atoms with Crippen LogP contribution >= 0.6 is 0 Å². The van der Waals surface area contributed by atoms with E-state index >= 15 is 0 Å². The molecule has 0 fully saturated rings. The number of rotatable bonds is 2. The summed E-state index contributed by atoms with van der Waals surface area (Å²) in [6.45, 7) is 0. The average Bonchev–Trinajstić information content (AvgIpc) is 2.29. The molecule has 0 radical (unpaired) electrons. The van der Waals surface area contributed by atoms with Gasteiger partial charge in [0.25, 0.3) is 0 Å². The standard InChI is InChI=1S/C11H9N3O2/c12-9-8(11(15)16)6-13-10(14-9)7-4-2-1-3-5-7/h1-6H,(H,15,16)(H2,12,13,14)/p-1. The number of nitrogen functional groups attached to an aromatic ring is 1. The second kappa shape index (κ2) is 3.98. The fourth-order valence-electron chi connectivity index (χ4n) is 1.28. The number of carboxylic acids is 1. The van der Waals surface area contributed by atoms with E-state index in [1.165, 1.54) is 0 Å². The molecule has 0 aliphatic heterocycles. The number of carbonyl (C=O) groups is 1. The molecular formula is C11H8N3O2-. The number of carbonyl (C=O) groups excluding carboxylic acids is 1. The van der Waals surface area contributed by atoms with Crippen LogP contribution in [0.4, 0.5) is 5.82 Å². The van der Waals surface area contributed by atoms with E-state index in [0.717, 1.165) is 11.8 Å². The summed E-state index contributed by atoms with van der Waals surface area (Å²) in [5, 5.41) is 10.6. The number of aromatic carboxylic acids is 1. The van der Waals surface area contributed by atoms with Crippen LogP contribution < -0.4 is 10.8 Å². The van der Waals surface area contributed by atoms with Crippen LogP contribution in [0.15, 0.2) is 36.5 Å². The van der Waals surface area contributed by atoms with Gasteiger partial charge in [-0.2, -0.15) is 0 Å². The number of nitrogens with zero attached hydrogens (tertiary/aromatic N) is 2. The molecule has 0 unspecified atom stereocenters. The average molecular weight is 214 g/mol. The number of anilines is 1. The monoisotopic (exact) mass is 214 g/mol. The van der Waals surface area contributed by atoms with E-state index in [9.17, 15) is 9.90 Å². The second-order valence-corrected chi connectivity index (χ2v) is 3.15. The molecule has 0 spiro atoms. The molecule has 1 aromatic carbocycles. The van der Waals surface area contributed by atoms with Crippen LogP contribution in [-0.2, 0) is 0 Å². The van der Waals surface area contributed by atoms with E-state index in [1.807, 2.05) is 30.3 Å². The fraction of sp³-hybridized carbons (Fsp3) is 0. The first kappa shape index (κ1) is 10.1. The topological polar surface area (TPSA) is 91.9 Å². The van der Waals surface area contributed by atoms with Gasteiger partial charge in [-0.1, -0.05) is 30.3 Å². The Balaban J connectivity index is 2.46. The SMILES string of the molecule is Nc1nc(-c2ccccc2)ncc1C(=O)[O-]. The van der Waals surface area contributed by atoms with Crippen LogP contribution in [-0.4, -0.2) is 15.9 Å². The summed E-state index contributed by atoms with van der Waals surface area (Å²) in [4.78, 5) is 18.4. The van der Waals surface area contributed by atoms with Crippen LogP contribution in [0.3, 0.4) is 0 Å². The summed E-state index contributed by atoms with van der Waals surface area (Å²) in [5.41, 5.74) is 6.07. The van der Waals surface area contributed by atoms with E-state index in [4.69, 9.17) is 5.73 Å². The molecule has 0 saturated heterocycles. The van der Waals surface area contributed by atoms with Crippen molar-refractivity contribution in [2.24, 2.45) is 0 Å². The lowest BCUT2D eigenvalue weighted by atomic mass is 10.2. The zero-order valence-electron chi connectivity index (χ0n) is 8.25. The Morgan fingerprint density at radius 2 is 1.94 bits per heavy atom. The van der Waals surface area contributed by atoms with Gasteiger partial charge < -0.3 is 15.6 Å². The van der Waals surface area contributed by atoms with Gasteiger partial charge in [0.15, 0.2) is 5.82 Å². The molecule has 0 aliphatic carbocycles. The summed E-state index contributed by atoms with van der Waals surface area (Å²) in [6, 6.07) is 9.16. The molecule has 2 rings (SSSR count). The number of carboxylic acid groups (broad SMARTS) is 1. The minimum Gasteiger partial charge on any atom is -0.545 e. The first-order chi connectivity index (χ1) is 7.68. The number of hydrogen-bond donors (Lipinski definition) is 1. The molecule has 0 amide bonds. The highest BCUT2D eigenvalue weighted by Gasteiger charge is 2.06. The number of hydrogen-bond acceptors (Lipinski definition) is 5.